The Bertz CT molecular complexity index is 866. The topological polar surface area (TPSA) is 93.3 Å². The van der Waals surface area contributed by atoms with Gasteiger partial charge in [0.2, 0.25) is 0 Å². The number of halogens is 1. The van der Waals surface area contributed by atoms with Gasteiger partial charge >= 0.3 is 0 Å². The van der Waals surface area contributed by atoms with Crippen molar-refractivity contribution in [3.63, 3.8) is 0 Å². The lowest BCUT2D eigenvalue weighted by Gasteiger charge is -2.04. The zero-order chi connectivity index (χ0) is 20.2. The van der Waals surface area contributed by atoms with Gasteiger partial charge in [0, 0.05) is 6.54 Å². The summed E-state index contributed by atoms with van der Waals surface area (Å²) in [7, 11) is 0. The van der Waals surface area contributed by atoms with E-state index >= 15 is 0 Å². The summed E-state index contributed by atoms with van der Waals surface area (Å²) in [6.07, 6.45) is 4.40. The molecule has 6 heteroatoms. The predicted octanol–water partition coefficient (Wildman–Crippen LogP) is 4.04. The van der Waals surface area contributed by atoms with Crippen molar-refractivity contribution < 1.29 is 19.4 Å². The molecule has 0 aromatic heterocycles. The Kier molecular flexibility index (Phi) is 8.83. The summed E-state index contributed by atoms with van der Waals surface area (Å²) in [6.45, 7) is 4.17. The maximum atomic E-state index is 12.8. The van der Waals surface area contributed by atoms with Crippen LogP contribution >= 0.6 is 0 Å². The van der Waals surface area contributed by atoms with Crippen LogP contribution in [0.5, 0.6) is 11.5 Å². The highest BCUT2D eigenvalue weighted by Gasteiger charge is 2.07. The van der Waals surface area contributed by atoms with E-state index in [-0.39, 0.29) is 29.4 Å². The van der Waals surface area contributed by atoms with Gasteiger partial charge in [-0.25, -0.2) is 4.39 Å². The highest BCUT2D eigenvalue weighted by Crippen LogP contribution is 2.25. The molecule has 0 spiro atoms. The zero-order valence-electron chi connectivity index (χ0n) is 15.1. The van der Waals surface area contributed by atoms with E-state index in [0.29, 0.717) is 11.1 Å². The normalized spacial score (nSPS) is 10.7. The first-order valence-electron chi connectivity index (χ1n) is 8.32. The summed E-state index contributed by atoms with van der Waals surface area (Å²) in [5.74, 6) is -1.41. The van der Waals surface area contributed by atoms with Gasteiger partial charge in [-0.2, -0.15) is 5.26 Å². The summed E-state index contributed by atoms with van der Waals surface area (Å²) in [5, 5.41) is 30.3. The van der Waals surface area contributed by atoms with E-state index in [4.69, 9.17) is 5.26 Å². The molecule has 0 fully saturated rings. The molecule has 2 aromatic carbocycles. The standard InChI is InChI=1S/C19H15FN2O3.C2H6/c20-16-7-4-14(5-8-16)12-22-19(25)15(11-21)3-1-2-13-6-9-17(23)18(24)10-13;1-2/h1-10,23-24H,12H2,(H,22,25);1-2H3/b2-1+,15-3+;. The molecule has 0 bridgehead atoms. The zero-order valence-corrected chi connectivity index (χ0v) is 15.1. The smallest absolute Gasteiger partial charge is 0.262 e. The lowest BCUT2D eigenvalue weighted by Crippen LogP contribution is -2.23. The van der Waals surface area contributed by atoms with Crippen LogP contribution in [0.3, 0.4) is 0 Å². The van der Waals surface area contributed by atoms with Crippen molar-refractivity contribution in [2.75, 3.05) is 0 Å². The van der Waals surface area contributed by atoms with E-state index in [1.165, 1.54) is 36.4 Å². The third-order valence-electron chi connectivity index (χ3n) is 3.28. The molecule has 1 amide bonds. The van der Waals surface area contributed by atoms with Gasteiger partial charge < -0.3 is 15.5 Å². The molecule has 5 nitrogen and oxygen atoms in total. The fourth-order valence-corrected chi connectivity index (χ4v) is 1.94. The summed E-state index contributed by atoms with van der Waals surface area (Å²) < 4.78 is 12.8. The van der Waals surface area contributed by atoms with Gasteiger partial charge in [0.15, 0.2) is 11.5 Å². The first kappa shape index (κ1) is 21.5. The van der Waals surface area contributed by atoms with Crippen molar-refractivity contribution in [2.45, 2.75) is 20.4 Å². The van der Waals surface area contributed by atoms with Crippen LogP contribution in [0.25, 0.3) is 6.08 Å². The molecule has 0 radical (unpaired) electrons. The lowest BCUT2D eigenvalue weighted by atomic mass is 10.1. The van der Waals surface area contributed by atoms with Crippen LogP contribution in [0, 0.1) is 17.1 Å². The Labute approximate surface area is 157 Å². The number of carbonyl (C=O) groups is 1. The van der Waals surface area contributed by atoms with Crippen molar-refractivity contribution >= 4 is 12.0 Å². The average Bonchev–Trinajstić information content (AvgIpc) is 2.69. The number of benzene rings is 2. The highest BCUT2D eigenvalue weighted by atomic mass is 19.1. The minimum absolute atomic E-state index is 0.0960. The van der Waals surface area contributed by atoms with Crippen molar-refractivity contribution in [1.82, 2.24) is 5.32 Å². The monoisotopic (exact) mass is 368 g/mol. The Morgan fingerprint density at radius 2 is 1.81 bits per heavy atom. The summed E-state index contributed by atoms with van der Waals surface area (Å²) in [4.78, 5) is 12.0. The minimum Gasteiger partial charge on any atom is -0.504 e. The lowest BCUT2D eigenvalue weighted by molar-refractivity contribution is -0.117. The second kappa shape index (κ2) is 11.1. The largest absolute Gasteiger partial charge is 0.504 e. The summed E-state index contributed by atoms with van der Waals surface area (Å²) in [5.41, 5.74) is 1.21. The molecule has 0 aliphatic heterocycles. The maximum Gasteiger partial charge on any atom is 0.262 e. The Morgan fingerprint density at radius 1 is 1.15 bits per heavy atom. The van der Waals surface area contributed by atoms with E-state index in [1.807, 2.05) is 13.8 Å². The average molecular weight is 368 g/mol. The van der Waals surface area contributed by atoms with Crippen LogP contribution in [0.1, 0.15) is 25.0 Å². The quantitative estimate of drug-likeness (QED) is 0.321. The van der Waals surface area contributed by atoms with Gasteiger partial charge in [-0.05, 0) is 41.5 Å². The Hall–Kier alpha value is -3.59. The van der Waals surface area contributed by atoms with Crippen molar-refractivity contribution in [1.29, 1.82) is 5.26 Å². The Balaban J connectivity index is 0.00000176. The molecule has 0 atom stereocenters. The molecular formula is C21H21FN2O3. The highest BCUT2D eigenvalue weighted by molar-refractivity contribution is 5.97. The van der Waals surface area contributed by atoms with Crippen molar-refractivity contribution in [2.24, 2.45) is 0 Å². The van der Waals surface area contributed by atoms with Gasteiger partial charge in [-0.15, -0.1) is 0 Å². The molecule has 0 aliphatic carbocycles. The van der Waals surface area contributed by atoms with Gasteiger partial charge in [-0.3, -0.25) is 4.79 Å². The molecule has 0 saturated carbocycles. The number of carbonyl (C=O) groups excluding carboxylic acids is 1. The van der Waals surface area contributed by atoms with Crippen LogP contribution in [0.4, 0.5) is 4.39 Å². The molecule has 0 aliphatic rings. The predicted molar refractivity (Wildman–Crippen MR) is 102 cm³/mol. The van der Waals surface area contributed by atoms with Gasteiger partial charge in [0.25, 0.3) is 5.91 Å². The minimum atomic E-state index is -0.551. The number of nitrogens with one attached hydrogen (secondary N) is 1. The number of hydrogen-bond acceptors (Lipinski definition) is 4. The first-order valence-corrected chi connectivity index (χ1v) is 8.32. The summed E-state index contributed by atoms with van der Waals surface area (Å²) in [6, 6.07) is 11.7. The van der Waals surface area contributed by atoms with E-state index in [9.17, 15) is 19.4 Å². The molecule has 0 heterocycles. The number of nitriles is 1. The number of nitrogens with zero attached hydrogens (tertiary/aromatic N) is 1. The maximum absolute atomic E-state index is 12.8. The van der Waals surface area contributed by atoms with Crippen LogP contribution in [-0.2, 0) is 11.3 Å². The van der Waals surface area contributed by atoms with Crippen LogP contribution in [0.15, 0.2) is 60.2 Å². The van der Waals surface area contributed by atoms with Crippen LogP contribution < -0.4 is 5.32 Å². The number of aromatic hydroxyl groups is 2. The van der Waals surface area contributed by atoms with Crippen molar-refractivity contribution in [3.05, 3.63) is 77.1 Å². The number of rotatable bonds is 5. The van der Waals surface area contributed by atoms with Gasteiger partial charge in [0.05, 0.1) is 0 Å². The third kappa shape index (κ3) is 7.04. The van der Waals surface area contributed by atoms with Gasteiger partial charge in [0.1, 0.15) is 17.5 Å². The molecule has 0 unspecified atom stereocenters. The van der Waals surface area contributed by atoms with Crippen LogP contribution in [0.2, 0.25) is 0 Å². The van der Waals surface area contributed by atoms with E-state index in [1.54, 1.807) is 30.3 Å². The van der Waals surface area contributed by atoms with Crippen molar-refractivity contribution in [3.8, 4) is 17.6 Å². The SMILES string of the molecule is CC.N#C/C(=C\C=C\c1ccc(O)c(O)c1)C(=O)NCc1ccc(F)cc1. The molecule has 2 aromatic rings. The molecule has 140 valence electrons. The second-order valence-electron chi connectivity index (χ2n) is 5.11. The van der Waals surface area contributed by atoms with Crippen LogP contribution in [-0.4, -0.2) is 16.1 Å². The second-order valence-corrected chi connectivity index (χ2v) is 5.11. The number of hydrogen-bond donors (Lipinski definition) is 3. The molecular weight excluding hydrogens is 347 g/mol. The van der Waals surface area contributed by atoms with Gasteiger partial charge in [-0.1, -0.05) is 44.2 Å². The number of phenolic OH excluding ortho intramolecular Hbond substituents is 2. The molecule has 27 heavy (non-hydrogen) atoms. The molecule has 0 saturated heterocycles. The third-order valence-corrected chi connectivity index (χ3v) is 3.28. The number of phenols is 2. The molecule has 3 N–H and O–H groups in total. The molecule has 2 rings (SSSR count). The summed E-state index contributed by atoms with van der Waals surface area (Å²) >= 11 is 0. The Morgan fingerprint density at radius 3 is 2.41 bits per heavy atom. The van der Waals surface area contributed by atoms with E-state index in [2.05, 4.69) is 5.32 Å². The fraction of sp³-hybridized carbons (Fsp3) is 0.143. The number of amides is 1. The first-order chi connectivity index (χ1) is 13.0. The fourth-order valence-electron chi connectivity index (χ4n) is 1.94. The van der Waals surface area contributed by atoms with E-state index < -0.39 is 5.91 Å². The number of allylic oxidation sites excluding steroid dienone is 2. The van der Waals surface area contributed by atoms with E-state index in [0.717, 1.165) is 0 Å².